The standard InChI is InChI=1S/C20H23ClN2O3S2/c21-19-9-2-1-6-17(19)15-27-13-10-22-20(24)16-7-5-8-18(14-16)28(25,26)23-11-3-4-12-23/h1-2,5-9,14H,3-4,10-13,15H2,(H,22,24). The highest BCUT2D eigenvalue weighted by Crippen LogP contribution is 2.22. The highest BCUT2D eigenvalue weighted by molar-refractivity contribution is 7.98. The van der Waals surface area contributed by atoms with E-state index in [-0.39, 0.29) is 10.8 Å². The third kappa shape index (κ3) is 5.29. The summed E-state index contributed by atoms with van der Waals surface area (Å²) in [7, 11) is -3.52. The van der Waals surface area contributed by atoms with Crippen LogP contribution in [0.3, 0.4) is 0 Å². The Morgan fingerprint density at radius 2 is 1.86 bits per heavy atom. The normalized spacial score (nSPS) is 14.9. The van der Waals surface area contributed by atoms with Gasteiger partial charge in [-0.1, -0.05) is 35.9 Å². The van der Waals surface area contributed by atoms with Crippen LogP contribution in [0.4, 0.5) is 0 Å². The molecule has 1 aliphatic rings. The van der Waals surface area contributed by atoms with E-state index < -0.39 is 10.0 Å². The second kappa shape index (κ2) is 9.78. The summed E-state index contributed by atoms with van der Waals surface area (Å²) in [6.07, 6.45) is 1.76. The van der Waals surface area contributed by atoms with Crippen LogP contribution in [0.25, 0.3) is 0 Å². The fourth-order valence-corrected chi connectivity index (χ4v) is 5.72. The van der Waals surface area contributed by atoms with Crippen molar-refractivity contribution in [1.29, 1.82) is 0 Å². The summed E-state index contributed by atoms with van der Waals surface area (Å²) >= 11 is 7.81. The summed E-state index contributed by atoms with van der Waals surface area (Å²) < 4.78 is 26.8. The van der Waals surface area contributed by atoms with Gasteiger partial charge < -0.3 is 5.32 Å². The lowest BCUT2D eigenvalue weighted by atomic mass is 10.2. The highest BCUT2D eigenvalue weighted by atomic mass is 35.5. The Balaban J connectivity index is 1.51. The molecule has 5 nitrogen and oxygen atoms in total. The molecule has 1 fully saturated rings. The first kappa shape index (κ1) is 21.2. The molecule has 0 radical (unpaired) electrons. The van der Waals surface area contributed by atoms with Crippen molar-refractivity contribution in [3.63, 3.8) is 0 Å². The first-order chi connectivity index (χ1) is 13.5. The highest BCUT2D eigenvalue weighted by Gasteiger charge is 2.27. The Bertz CT molecular complexity index is 929. The van der Waals surface area contributed by atoms with Gasteiger partial charge in [-0.2, -0.15) is 16.1 Å². The van der Waals surface area contributed by atoms with Gasteiger partial charge in [-0.05, 0) is 42.7 Å². The van der Waals surface area contributed by atoms with Gasteiger partial charge in [0.2, 0.25) is 10.0 Å². The van der Waals surface area contributed by atoms with E-state index in [1.54, 1.807) is 30.0 Å². The molecule has 1 saturated heterocycles. The van der Waals surface area contributed by atoms with Gasteiger partial charge in [0.1, 0.15) is 0 Å². The maximum absolute atomic E-state index is 12.7. The van der Waals surface area contributed by atoms with E-state index in [4.69, 9.17) is 11.6 Å². The lowest BCUT2D eigenvalue weighted by Gasteiger charge is -2.16. The van der Waals surface area contributed by atoms with E-state index >= 15 is 0 Å². The number of carbonyl (C=O) groups excluding carboxylic acids is 1. The number of nitrogens with one attached hydrogen (secondary N) is 1. The average molecular weight is 439 g/mol. The third-order valence-electron chi connectivity index (χ3n) is 4.55. The molecule has 150 valence electrons. The van der Waals surface area contributed by atoms with E-state index in [0.717, 1.165) is 34.9 Å². The van der Waals surface area contributed by atoms with Gasteiger partial charge in [0.25, 0.3) is 5.91 Å². The predicted molar refractivity (Wildman–Crippen MR) is 114 cm³/mol. The quantitative estimate of drug-likeness (QED) is 0.637. The Morgan fingerprint density at radius 3 is 2.61 bits per heavy atom. The van der Waals surface area contributed by atoms with Crippen molar-refractivity contribution in [3.8, 4) is 0 Å². The van der Waals surface area contributed by atoms with Crippen molar-refractivity contribution in [2.75, 3.05) is 25.4 Å². The van der Waals surface area contributed by atoms with Gasteiger partial charge in [0, 0.05) is 41.7 Å². The number of benzene rings is 2. The minimum absolute atomic E-state index is 0.176. The van der Waals surface area contributed by atoms with Crippen LogP contribution in [0, 0.1) is 0 Å². The molecule has 1 aliphatic heterocycles. The van der Waals surface area contributed by atoms with Crippen LogP contribution in [0.15, 0.2) is 53.4 Å². The number of hydrogen-bond donors (Lipinski definition) is 1. The molecule has 2 aromatic rings. The van der Waals surface area contributed by atoms with E-state index in [2.05, 4.69) is 5.32 Å². The summed E-state index contributed by atoms with van der Waals surface area (Å²) in [5, 5.41) is 3.59. The Kier molecular flexibility index (Phi) is 7.40. The maximum atomic E-state index is 12.7. The smallest absolute Gasteiger partial charge is 0.251 e. The van der Waals surface area contributed by atoms with Crippen LogP contribution in [0.1, 0.15) is 28.8 Å². The number of thioether (sulfide) groups is 1. The van der Waals surface area contributed by atoms with Crippen LogP contribution in [-0.4, -0.2) is 44.0 Å². The zero-order valence-electron chi connectivity index (χ0n) is 15.4. The van der Waals surface area contributed by atoms with E-state index in [1.165, 1.54) is 10.4 Å². The maximum Gasteiger partial charge on any atom is 0.251 e. The van der Waals surface area contributed by atoms with Crippen molar-refractivity contribution in [3.05, 3.63) is 64.7 Å². The zero-order chi connectivity index (χ0) is 20.0. The van der Waals surface area contributed by atoms with Crippen LogP contribution < -0.4 is 5.32 Å². The van der Waals surface area contributed by atoms with E-state index in [1.807, 2.05) is 24.3 Å². The number of rotatable bonds is 8. The molecule has 0 aliphatic carbocycles. The molecule has 1 amide bonds. The first-order valence-electron chi connectivity index (χ1n) is 9.18. The molecule has 0 atom stereocenters. The third-order valence-corrected chi connectivity index (χ3v) is 7.82. The second-order valence-electron chi connectivity index (χ2n) is 6.54. The second-order valence-corrected chi connectivity index (χ2v) is 9.99. The van der Waals surface area contributed by atoms with Crippen molar-refractivity contribution in [2.45, 2.75) is 23.5 Å². The summed E-state index contributed by atoms with van der Waals surface area (Å²) in [5.74, 6) is 1.25. The molecular weight excluding hydrogens is 416 g/mol. The van der Waals surface area contributed by atoms with Crippen LogP contribution in [0.5, 0.6) is 0 Å². The van der Waals surface area contributed by atoms with Gasteiger partial charge >= 0.3 is 0 Å². The van der Waals surface area contributed by atoms with Crippen molar-refractivity contribution in [2.24, 2.45) is 0 Å². The summed E-state index contributed by atoms with van der Waals surface area (Å²) in [6.45, 7) is 1.58. The lowest BCUT2D eigenvalue weighted by Crippen LogP contribution is -2.29. The molecule has 0 unspecified atom stereocenters. The monoisotopic (exact) mass is 438 g/mol. The van der Waals surface area contributed by atoms with Crippen molar-refractivity contribution < 1.29 is 13.2 Å². The molecule has 0 saturated carbocycles. The van der Waals surface area contributed by atoms with Gasteiger partial charge in [-0.15, -0.1) is 0 Å². The molecule has 0 spiro atoms. The molecule has 0 bridgehead atoms. The summed E-state index contributed by atoms with van der Waals surface area (Å²) in [6, 6.07) is 14.0. The van der Waals surface area contributed by atoms with Crippen LogP contribution in [0.2, 0.25) is 5.02 Å². The fourth-order valence-electron chi connectivity index (χ4n) is 3.01. The molecule has 1 N–H and O–H groups in total. The molecule has 2 aromatic carbocycles. The van der Waals surface area contributed by atoms with E-state index in [0.29, 0.717) is 25.2 Å². The number of carbonyl (C=O) groups is 1. The summed E-state index contributed by atoms with van der Waals surface area (Å²) in [5.41, 5.74) is 1.43. The van der Waals surface area contributed by atoms with Crippen molar-refractivity contribution >= 4 is 39.3 Å². The first-order valence-corrected chi connectivity index (χ1v) is 12.2. The van der Waals surface area contributed by atoms with Crippen molar-refractivity contribution in [1.82, 2.24) is 9.62 Å². The van der Waals surface area contributed by atoms with Gasteiger partial charge in [0.05, 0.1) is 4.90 Å². The van der Waals surface area contributed by atoms with Gasteiger partial charge in [-0.25, -0.2) is 8.42 Å². The summed E-state index contributed by atoms with van der Waals surface area (Å²) in [4.78, 5) is 12.6. The van der Waals surface area contributed by atoms with Crippen LogP contribution in [-0.2, 0) is 15.8 Å². The molecular formula is C20H23ClN2O3S2. The Hall–Kier alpha value is -1.54. The number of nitrogens with zero attached hydrogens (tertiary/aromatic N) is 1. The lowest BCUT2D eigenvalue weighted by molar-refractivity contribution is 0.0956. The predicted octanol–water partition coefficient (Wildman–Crippen LogP) is 3.79. The van der Waals surface area contributed by atoms with Crippen LogP contribution >= 0.6 is 23.4 Å². The zero-order valence-corrected chi connectivity index (χ0v) is 17.8. The average Bonchev–Trinajstić information content (AvgIpc) is 3.25. The minimum atomic E-state index is -3.52. The fraction of sp³-hybridized carbons (Fsp3) is 0.350. The molecule has 3 rings (SSSR count). The molecule has 8 heteroatoms. The minimum Gasteiger partial charge on any atom is -0.351 e. The molecule has 1 heterocycles. The number of halogens is 1. The number of sulfonamides is 1. The number of amides is 1. The largest absolute Gasteiger partial charge is 0.351 e. The molecule has 0 aromatic heterocycles. The Labute approximate surface area is 175 Å². The number of hydrogen-bond acceptors (Lipinski definition) is 4. The van der Waals surface area contributed by atoms with Gasteiger partial charge in [-0.3, -0.25) is 4.79 Å². The van der Waals surface area contributed by atoms with Gasteiger partial charge in [0.15, 0.2) is 0 Å². The topological polar surface area (TPSA) is 66.5 Å². The van der Waals surface area contributed by atoms with E-state index in [9.17, 15) is 13.2 Å². The molecule has 28 heavy (non-hydrogen) atoms. The SMILES string of the molecule is O=C(NCCSCc1ccccc1Cl)c1cccc(S(=O)(=O)N2CCCC2)c1. The Morgan fingerprint density at radius 1 is 1.11 bits per heavy atom.